The molecule has 1 heterocycles. The second-order valence-electron chi connectivity index (χ2n) is 3.52. The van der Waals surface area contributed by atoms with E-state index in [4.69, 9.17) is 11.6 Å². The summed E-state index contributed by atoms with van der Waals surface area (Å²) in [6.45, 7) is 2.59. The average molecular weight is 317 g/mol. The lowest BCUT2D eigenvalue weighted by Crippen LogP contribution is -2.09. The molecule has 0 aliphatic carbocycles. The highest BCUT2D eigenvalue weighted by molar-refractivity contribution is 9.10. The molecule has 17 heavy (non-hydrogen) atoms. The third kappa shape index (κ3) is 2.36. The van der Waals surface area contributed by atoms with Gasteiger partial charge in [0.15, 0.2) is 0 Å². The average Bonchev–Trinajstić information content (AvgIpc) is 2.80. The lowest BCUT2D eigenvalue weighted by Gasteiger charge is -2.13. The Labute approximate surface area is 112 Å². The first kappa shape index (κ1) is 12.5. The summed E-state index contributed by atoms with van der Waals surface area (Å²) < 4.78 is 2.40. The van der Waals surface area contributed by atoms with Gasteiger partial charge in [-0.15, -0.1) is 5.10 Å². The number of nitrogens with zero attached hydrogens (tertiary/aromatic N) is 3. The third-order valence-corrected chi connectivity index (χ3v) is 3.81. The number of rotatable bonds is 3. The van der Waals surface area contributed by atoms with Gasteiger partial charge in [-0.05, 0) is 28.9 Å². The molecular weight excluding hydrogens is 305 g/mol. The monoisotopic (exact) mass is 315 g/mol. The van der Waals surface area contributed by atoms with Crippen molar-refractivity contribution in [1.29, 1.82) is 0 Å². The molecule has 1 N–H and O–H groups in total. The fourth-order valence-corrected chi connectivity index (χ4v) is 2.23. The highest BCUT2D eigenvalue weighted by atomic mass is 79.9. The second-order valence-corrected chi connectivity index (χ2v) is 4.75. The minimum absolute atomic E-state index is 0.504. The molecule has 0 saturated carbocycles. The standard InChI is InChI=1S/C11H11BrClN3O/c1-2-16-9(6-14-15-16)11(17)7-4-3-5-8(12)10(7)13/h3-6,11,17H,2H2,1H3. The normalized spacial score (nSPS) is 12.7. The van der Waals surface area contributed by atoms with Crippen LogP contribution in [0.3, 0.4) is 0 Å². The summed E-state index contributed by atoms with van der Waals surface area (Å²) >= 11 is 9.48. The molecule has 0 bridgehead atoms. The molecule has 4 nitrogen and oxygen atoms in total. The number of aryl methyl sites for hydroxylation is 1. The molecule has 0 radical (unpaired) electrons. The van der Waals surface area contributed by atoms with Crippen LogP contribution in [0.25, 0.3) is 0 Å². The maximum absolute atomic E-state index is 10.3. The van der Waals surface area contributed by atoms with Gasteiger partial charge >= 0.3 is 0 Å². The molecule has 0 aliphatic heterocycles. The highest BCUT2D eigenvalue weighted by Gasteiger charge is 2.19. The van der Waals surface area contributed by atoms with E-state index < -0.39 is 6.10 Å². The van der Waals surface area contributed by atoms with Crippen LogP contribution in [0.1, 0.15) is 24.3 Å². The fraction of sp³-hybridized carbons (Fsp3) is 0.273. The van der Waals surface area contributed by atoms with E-state index in [1.54, 1.807) is 16.9 Å². The zero-order chi connectivity index (χ0) is 12.4. The Balaban J connectivity index is 2.44. The molecule has 90 valence electrons. The second kappa shape index (κ2) is 5.16. The first-order valence-electron chi connectivity index (χ1n) is 5.15. The van der Waals surface area contributed by atoms with Crippen molar-refractivity contribution < 1.29 is 5.11 Å². The van der Waals surface area contributed by atoms with Gasteiger partial charge in [-0.2, -0.15) is 0 Å². The van der Waals surface area contributed by atoms with Gasteiger partial charge in [-0.1, -0.05) is 28.9 Å². The summed E-state index contributed by atoms with van der Waals surface area (Å²) in [4.78, 5) is 0. The molecule has 6 heteroatoms. The van der Waals surface area contributed by atoms with Gasteiger partial charge in [-0.25, -0.2) is 4.68 Å². The van der Waals surface area contributed by atoms with Crippen LogP contribution in [-0.4, -0.2) is 20.1 Å². The summed E-state index contributed by atoms with van der Waals surface area (Å²) in [5.41, 5.74) is 1.27. The Morgan fingerprint density at radius 1 is 1.53 bits per heavy atom. The molecule has 0 fully saturated rings. The third-order valence-electron chi connectivity index (χ3n) is 2.50. The molecule has 1 unspecified atom stereocenters. The van der Waals surface area contributed by atoms with Crippen molar-refractivity contribution in [3.63, 3.8) is 0 Å². The van der Waals surface area contributed by atoms with Crippen molar-refractivity contribution in [3.05, 3.63) is 45.1 Å². The van der Waals surface area contributed by atoms with E-state index in [1.165, 1.54) is 0 Å². The van der Waals surface area contributed by atoms with Crippen LogP contribution in [0.15, 0.2) is 28.9 Å². The molecule has 1 aromatic heterocycles. The summed E-state index contributed by atoms with van der Waals surface area (Å²) in [6, 6.07) is 5.44. The molecular formula is C11H11BrClN3O. The zero-order valence-electron chi connectivity index (χ0n) is 9.14. The van der Waals surface area contributed by atoms with Crippen LogP contribution in [-0.2, 0) is 6.54 Å². The van der Waals surface area contributed by atoms with E-state index in [0.29, 0.717) is 22.8 Å². The summed E-state index contributed by atoms with van der Waals surface area (Å²) in [5.74, 6) is 0. The van der Waals surface area contributed by atoms with Gasteiger partial charge in [0.05, 0.1) is 16.9 Å². The van der Waals surface area contributed by atoms with Gasteiger partial charge in [-0.3, -0.25) is 0 Å². The minimum atomic E-state index is -0.824. The number of aliphatic hydroxyl groups is 1. The Morgan fingerprint density at radius 3 is 3.00 bits per heavy atom. The molecule has 1 aromatic carbocycles. The smallest absolute Gasteiger partial charge is 0.124 e. The molecule has 0 aliphatic rings. The molecule has 2 aromatic rings. The van der Waals surface area contributed by atoms with E-state index in [2.05, 4.69) is 26.2 Å². The van der Waals surface area contributed by atoms with Crippen molar-refractivity contribution in [1.82, 2.24) is 15.0 Å². The lowest BCUT2D eigenvalue weighted by molar-refractivity contribution is 0.208. The van der Waals surface area contributed by atoms with E-state index in [9.17, 15) is 5.11 Å². The van der Waals surface area contributed by atoms with Crippen LogP contribution in [0, 0.1) is 0 Å². The minimum Gasteiger partial charge on any atom is -0.382 e. The molecule has 2 rings (SSSR count). The quantitative estimate of drug-likeness (QED) is 0.947. The summed E-state index contributed by atoms with van der Waals surface area (Å²) in [7, 11) is 0. The maximum Gasteiger partial charge on any atom is 0.124 e. The number of hydrogen-bond donors (Lipinski definition) is 1. The summed E-state index contributed by atoms with van der Waals surface area (Å²) in [6.07, 6.45) is 0.723. The first-order chi connectivity index (χ1) is 8.15. The summed E-state index contributed by atoms with van der Waals surface area (Å²) in [5, 5.41) is 18.5. The Hall–Kier alpha value is -0.910. The lowest BCUT2D eigenvalue weighted by atomic mass is 10.1. The largest absolute Gasteiger partial charge is 0.382 e. The van der Waals surface area contributed by atoms with Crippen molar-refractivity contribution in [2.24, 2.45) is 0 Å². The number of benzene rings is 1. The number of aromatic nitrogens is 3. The van der Waals surface area contributed by atoms with Crippen molar-refractivity contribution in [2.75, 3.05) is 0 Å². The number of hydrogen-bond acceptors (Lipinski definition) is 3. The van der Waals surface area contributed by atoms with E-state index in [-0.39, 0.29) is 0 Å². The Morgan fingerprint density at radius 2 is 2.29 bits per heavy atom. The van der Waals surface area contributed by atoms with Gasteiger partial charge < -0.3 is 5.11 Å². The van der Waals surface area contributed by atoms with Crippen LogP contribution in [0.5, 0.6) is 0 Å². The predicted octanol–water partition coefficient (Wildman–Crippen LogP) is 2.80. The van der Waals surface area contributed by atoms with Crippen LogP contribution >= 0.6 is 27.5 Å². The van der Waals surface area contributed by atoms with E-state index in [1.807, 2.05) is 19.1 Å². The topological polar surface area (TPSA) is 50.9 Å². The van der Waals surface area contributed by atoms with Gasteiger partial charge in [0.1, 0.15) is 6.10 Å². The molecule has 0 amide bonds. The van der Waals surface area contributed by atoms with Gasteiger partial charge in [0.2, 0.25) is 0 Å². The predicted molar refractivity (Wildman–Crippen MR) is 68.9 cm³/mol. The SMILES string of the molecule is CCn1nncc1C(O)c1cccc(Br)c1Cl. The number of halogens is 2. The molecule has 0 spiro atoms. The fourth-order valence-electron chi connectivity index (χ4n) is 1.61. The van der Waals surface area contributed by atoms with Crippen molar-refractivity contribution in [3.8, 4) is 0 Å². The van der Waals surface area contributed by atoms with Crippen molar-refractivity contribution in [2.45, 2.75) is 19.6 Å². The Bertz CT molecular complexity index is 529. The first-order valence-corrected chi connectivity index (χ1v) is 6.32. The maximum atomic E-state index is 10.3. The zero-order valence-corrected chi connectivity index (χ0v) is 11.5. The van der Waals surface area contributed by atoms with Crippen LogP contribution in [0.4, 0.5) is 0 Å². The van der Waals surface area contributed by atoms with E-state index >= 15 is 0 Å². The van der Waals surface area contributed by atoms with Crippen LogP contribution < -0.4 is 0 Å². The highest BCUT2D eigenvalue weighted by Crippen LogP contribution is 2.32. The number of aliphatic hydroxyl groups excluding tert-OH is 1. The Kier molecular flexibility index (Phi) is 3.81. The van der Waals surface area contributed by atoms with E-state index in [0.717, 1.165) is 4.47 Å². The van der Waals surface area contributed by atoms with Gasteiger partial charge in [0, 0.05) is 16.6 Å². The van der Waals surface area contributed by atoms with Gasteiger partial charge in [0.25, 0.3) is 0 Å². The van der Waals surface area contributed by atoms with Crippen LogP contribution in [0.2, 0.25) is 5.02 Å². The van der Waals surface area contributed by atoms with Crippen molar-refractivity contribution >= 4 is 27.5 Å². The molecule has 1 atom stereocenters. The molecule has 0 saturated heterocycles.